The summed E-state index contributed by atoms with van der Waals surface area (Å²) < 4.78 is 1.39. The van der Waals surface area contributed by atoms with Crippen molar-refractivity contribution >= 4 is 17.4 Å². The van der Waals surface area contributed by atoms with Crippen molar-refractivity contribution in [1.82, 2.24) is 9.55 Å². The fraction of sp³-hybridized carbons (Fsp3) is 0.214. The van der Waals surface area contributed by atoms with Crippen molar-refractivity contribution in [2.24, 2.45) is 12.8 Å². The SMILES string of the molecule is Cn1ccnc(N(CC(N)=O)Cc2ccccc2N)c1=O. The predicted molar refractivity (Wildman–Crippen MR) is 80.6 cm³/mol. The molecule has 1 amide bonds. The number of aromatic nitrogens is 2. The van der Waals surface area contributed by atoms with Gasteiger partial charge >= 0.3 is 0 Å². The maximum absolute atomic E-state index is 12.1. The fourth-order valence-corrected chi connectivity index (χ4v) is 1.98. The summed E-state index contributed by atoms with van der Waals surface area (Å²) in [5, 5.41) is 0. The molecule has 2 aromatic rings. The zero-order valence-electron chi connectivity index (χ0n) is 11.7. The second kappa shape index (κ2) is 6.08. The molecule has 0 unspecified atom stereocenters. The molecule has 0 spiro atoms. The highest BCUT2D eigenvalue weighted by Gasteiger charge is 2.16. The first-order chi connectivity index (χ1) is 9.99. The lowest BCUT2D eigenvalue weighted by atomic mass is 10.1. The van der Waals surface area contributed by atoms with Gasteiger partial charge in [-0.15, -0.1) is 0 Å². The second-order valence-corrected chi connectivity index (χ2v) is 4.69. The molecule has 7 heteroatoms. The maximum Gasteiger partial charge on any atom is 0.293 e. The highest BCUT2D eigenvalue weighted by atomic mass is 16.1. The van der Waals surface area contributed by atoms with Gasteiger partial charge in [0.25, 0.3) is 5.56 Å². The Morgan fingerprint density at radius 1 is 1.38 bits per heavy atom. The molecule has 0 radical (unpaired) electrons. The Labute approximate surface area is 121 Å². The topological polar surface area (TPSA) is 107 Å². The van der Waals surface area contributed by atoms with Crippen LogP contribution in [-0.2, 0) is 18.4 Å². The number of nitrogen functional groups attached to an aromatic ring is 1. The van der Waals surface area contributed by atoms with Crippen LogP contribution in [0.4, 0.5) is 11.5 Å². The summed E-state index contributed by atoms with van der Waals surface area (Å²) in [5.74, 6) is -0.376. The minimum absolute atomic E-state index is 0.111. The summed E-state index contributed by atoms with van der Waals surface area (Å²) in [6.07, 6.45) is 3.05. The van der Waals surface area contributed by atoms with Gasteiger partial charge in [0, 0.05) is 31.7 Å². The number of para-hydroxylation sites is 1. The standard InChI is InChI=1S/C14H17N5O2/c1-18-7-6-17-13(14(18)21)19(9-12(16)20)8-10-4-2-3-5-11(10)15/h2-7H,8-9,15H2,1H3,(H2,16,20). The monoisotopic (exact) mass is 287 g/mol. The molecule has 2 rings (SSSR count). The largest absolute Gasteiger partial charge is 0.398 e. The van der Waals surface area contributed by atoms with Gasteiger partial charge in [0.05, 0.1) is 6.54 Å². The van der Waals surface area contributed by atoms with Crippen molar-refractivity contribution in [3.8, 4) is 0 Å². The molecule has 21 heavy (non-hydrogen) atoms. The van der Waals surface area contributed by atoms with Crippen LogP contribution in [0.25, 0.3) is 0 Å². The first kappa shape index (κ1) is 14.6. The number of nitrogens with zero attached hydrogens (tertiary/aromatic N) is 3. The Kier molecular flexibility index (Phi) is 4.22. The normalized spacial score (nSPS) is 10.3. The van der Waals surface area contributed by atoms with Crippen molar-refractivity contribution in [1.29, 1.82) is 0 Å². The Bertz CT molecular complexity index is 711. The van der Waals surface area contributed by atoms with Crippen LogP contribution in [-0.4, -0.2) is 22.0 Å². The van der Waals surface area contributed by atoms with E-state index in [2.05, 4.69) is 4.98 Å². The summed E-state index contributed by atoms with van der Waals surface area (Å²) in [6.45, 7) is 0.169. The fourth-order valence-electron chi connectivity index (χ4n) is 1.98. The van der Waals surface area contributed by atoms with Crippen LogP contribution in [0.3, 0.4) is 0 Å². The van der Waals surface area contributed by atoms with Crippen molar-refractivity contribution < 1.29 is 4.79 Å². The lowest BCUT2D eigenvalue weighted by Crippen LogP contribution is -2.38. The number of rotatable bonds is 5. The molecule has 0 bridgehead atoms. The third-order valence-corrected chi connectivity index (χ3v) is 3.06. The minimum atomic E-state index is -0.544. The van der Waals surface area contributed by atoms with Crippen LogP contribution in [0, 0.1) is 0 Å². The van der Waals surface area contributed by atoms with E-state index < -0.39 is 5.91 Å². The molecule has 1 aromatic heterocycles. The molecule has 1 heterocycles. The molecule has 7 nitrogen and oxygen atoms in total. The Morgan fingerprint density at radius 3 is 2.76 bits per heavy atom. The third-order valence-electron chi connectivity index (χ3n) is 3.06. The van der Waals surface area contributed by atoms with Gasteiger partial charge in [0.15, 0.2) is 5.82 Å². The van der Waals surface area contributed by atoms with Crippen LogP contribution in [0.15, 0.2) is 41.5 Å². The molecule has 0 aliphatic rings. The summed E-state index contributed by atoms with van der Waals surface area (Å²) in [7, 11) is 1.62. The number of benzene rings is 1. The van der Waals surface area contributed by atoms with Gasteiger partial charge in [-0.05, 0) is 11.6 Å². The smallest absolute Gasteiger partial charge is 0.293 e. The molecular formula is C14H17N5O2. The van der Waals surface area contributed by atoms with E-state index in [1.807, 2.05) is 18.2 Å². The number of carbonyl (C=O) groups excluding carboxylic acids is 1. The van der Waals surface area contributed by atoms with Crippen molar-refractivity contribution in [2.75, 3.05) is 17.2 Å². The van der Waals surface area contributed by atoms with Crippen LogP contribution >= 0.6 is 0 Å². The van der Waals surface area contributed by atoms with Gasteiger partial charge in [-0.3, -0.25) is 9.59 Å². The average molecular weight is 287 g/mol. The number of aryl methyl sites for hydroxylation is 1. The van der Waals surface area contributed by atoms with Gasteiger partial charge in [-0.25, -0.2) is 4.98 Å². The number of primary amides is 1. The van der Waals surface area contributed by atoms with E-state index in [0.717, 1.165) is 5.56 Å². The minimum Gasteiger partial charge on any atom is -0.398 e. The van der Waals surface area contributed by atoms with Crippen LogP contribution in [0.5, 0.6) is 0 Å². The molecule has 0 atom stereocenters. The van der Waals surface area contributed by atoms with Gasteiger partial charge in [0.1, 0.15) is 0 Å². The zero-order chi connectivity index (χ0) is 15.4. The quantitative estimate of drug-likeness (QED) is 0.744. The number of hydrogen-bond donors (Lipinski definition) is 2. The average Bonchev–Trinajstić information content (AvgIpc) is 2.43. The molecule has 4 N–H and O–H groups in total. The molecule has 0 fully saturated rings. The molecular weight excluding hydrogens is 270 g/mol. The van der Waals surface area contributed by atoms with Crippen LogP contribution in [0.2, 0.25) is 0 Å². The van der Waals surface area contributed by atoms with E-state index in [9.17, 15) is 9.59 Å². The van der Waals surface area contributed by atoms with E-state index in [0.29, 0.717) is 5.69 Å². The second-order valence-electron chi connectivity index (χ2n) is 4.69. The van der Waals surface area contributed by atoms with Crippen LogP contribution in [0.1, 0.15) is 5.56 Å². The number of carbonyl (C=O) groups is 1. The van der Waals surface area contributed by atoms with E-state index >= 15 is 0 Å². The van der Waals surface area contributed by atoms with E-state index in [-0.39, 0.29) is 24.5 Å². The summed E-state index contributed by atoms with van der Waals surface area (Å²) in [4.78, 5) is 29.0. The van der Waals surface area contributed by atoms with Crippen LogP contribution < -0.4 is 21.9 Å². The first-order valence-electron chi connectivity index (χ1n) is 6.37. The first-order valence-corrected chi connectivity index (χ1v) is 6.37. The van der Waals surface area contributed by atoms with Gasteiger partial charge in [0.2, 0.25) is 5.91 Å². The molecule has 0 aliphatic heterocycles. The number of nitrogens with two attached hydrogens (primary N) is 2. The Hall–Kier alpha value is -2.83. The van der Waals surface area contributed by atoms with Crippen molar-refractivity contribution in [3.05, 3.63) is 52.6 Å². The molecule has 0 saturated heterocycles. The molecule has 1 aromatic carbocycles. The van der Waals surface area contributed by atoms with E-state index in [1.165, 1.54) is 15.7 Å². The summed E-state index contributed by atoms with van der Waals surface area (Å²) in [6, 6.07) is 7.24. The Balaban J connectivity index is 2.39. The van der Waals surface area contributed by atoms with Crippen molar-refractivity contribution in [2.45, 2.75) is 6.54 Å². The molecule has 0 aliphatic carbocycles. The third kappa shape index (κ3) is 3.38. The summed E-state index contributed by atoms with van der Waals surface area (Å²) in [5.41, 5.74) is 12.2. The predicted octanol–water partition coefficient (Wildman–Crippen LogP) is -0.146. The Morgan fingerprint density at radius 2 is 2.10 bits per heavy atom. The molecule has 0 saturated carbocycles. The molecule has 110 valence electrons. The van der Waals surface area contributed by atoms with Gasteiger partial charge in [-0.1, -0.05) is 18.2 Å². The highest BCUT2D eigenvalue weighted by molar-refractivity contribution is 5.79. The summed E-state index contributed by atoms with van der Waals surface area (Å²) >= 11 is 0. The van der Waals surface area contributed by atoms with Gasteiger partial charge < -0.3 is 20.9 Å². The van der Waals surface area contributed by atoms with E-state index in [1.54, 1.807) is 19.3 Å². The van der Waals surface area contributed by atoms with Gasteiger partial charge in [-0.2, -0.15) is 0 Å². The number of hydrogen-bond acceptors (Lipinski definition) is 5. The maximum atomic E-state index is 12.1. The number of amides is 1. The van der Waals surface area contributed by atoms with E-state index in [4.69, 9.17) is 11.5 Å². The van der Waals surface area contributed by atoms with Crippen molar-refractivity contribution in [3.63, 3.8) is 0 Å². The number of anilines is 2. The lowest BCUT2D eigenvalue weighted by molar-refractivity contribution is -0.116. The zero-order valence-corrected chi connectivity index (χ0v) is 11.7. The lowest BCUT2D eigenvalue weighted by Gasteiger charge is -2.22. The highest BCUT2D eigenvalue weighted by Crippen LogP contribution is 2.15.